The van der Waals surface area contributed by atoms with E-state index in [-0.39, 0.29) is 6.09 Å². The van der Waals surface area contributed by atoms with Crippen molar-refractivity contribution < 1.29 is 14.1 Å². The smallest absolute Gasteiger partial charge is 0.406 e. The molecule has 0 atom stereocenters. The van der Waals surface area contributed by atoms with Gasteiger partial charge in [-0.25, -0.2) is 0 Å². The molecule has 0 bridgehead atoms. The van der Waals surface area contributed by atoms with Crippen LogP contribution < -0.4 is 5.32 Å². The van der Waals surface area contributed by atoms with Crippen LogP contribution in [0.15, 0.2) is 0 Å². The third kappa shape index (κ3) is 3.55. The highest BCUT2D eigenvalue weighted by molar-refractivity contribution is 5.67. The SMILES string of the molecule is CC(C)(C)OC(=O)[N+]1=CCNCC1. The lowest BCUT2D eigenvalue weighted by atomic mass is 10.2. The molecule has 0 fully saturated rings. The molecule has 1 amide bonds. The topological polar surface area (TPSA) is 41.3 Å². The lowest BCUT2D eigenvalue weighted by Crippen LogP contribution is -2.40. The number of hydrogen-bond donors (Lipinski definition) is 1. The van der Waals surface area contributed by atoms with E-state index in [1.807, 2.05) is 27.0 Å². The molecule has 4 nitrogen and oxygen atoms in total. The predicted octanol–water partition coefficient (Wildman–Crippen LogP) is 0.608. The zero-order valence-electron chi connectivity index (χ0n) is 8.46. The molecule has 1 heterocycles. The molecule has 1 aliphatic rings. The van der Waals surface area contributed by atoms with E-state index in [4.69, 9.17) is 4.74 Å². The quantitative estimate of drug-likeness (QED) is 0.562. The molecule has 1 N–H and O–H groups in total. The van der Waals surface area contributed by atoms with Crippen LogP contribution in [0.3, 0.4) is 0 Å². The van der Waals surface area contributed by atoms with Gasteiger partial charge in [0.15, 0.2) is 12.8 Å². The van der Waals surface area contributed by atoms with Gasteiger partial charge in [0.2, 0.25) is 0 Å². The average molecular weight is 185 g/mol. The molecule has 13 heavy (non-hydrogen) atoms. The van der Waals surface area contributed by atoms with Crippen molar-refractivity contribution in [2.45, 2.75) is 26.4 Å². The van der Waals surface area contributed by atoms with Crippen LogP contribution in [-0.2, 0) is 4.74 Å². The molecule has 1 aliphatic heterocycles. The summed E-state index contributed by atoms with van der Waals surface area (Å²) in [4.78, 5) is 11.5. The van der Waals surface area contributed by atoms with Crippen molar-refractivity contribution in [3.05, 3.63) is 0 Å². The van der Waals surface area contributed by atoms with Gasteiger partial charge >= 0.3 is 6.09 Å². The molecule has 1 rings (SSSR count). The lowest BCUT2D eigenvalue weighted by Gasteiger charge is -2.17. The standard InChI is InChI=1S/C9H17N2O2/c1-9(2,3)13-8(12)11-6-4-10-5-7-11/h6,10H,4-5,7H2,1-3H3/q+1. The van der Waals surface area contributed by atoms with Gasteiger partial charge in [-0.15, -0.1) is 4.58 Å². The number of carbonyl (C=O) groups excluding carboxylic acids is 1. The molecule has 0 unspecified atom stereocenters. The summed E-state index contributed by atoms with van der Waals surface area (Å²) in [6.07, 6.45) is 1.56. The van der Waals surface area contributed by atoms with Gasteiger partial charge in [0.25, 0.3) is 0 Å². The highest BCUT2D eigenvalue weighted by Gasteiger charge is 2.26. The first kappa shape index (κ1) is 10.2. The monoisotopic (exact) mass is 185 g/mol. The summed E-state index contributed by atoms with van der Waals surface area (Å²) in [5.41, 5.74) is -0.407. The van der Waals surface area contributed by atoms with Crippen molar-refractivity contribution in [2.24, 2.45) is 0 Å². The molecule has 0 saturated heterocycles. The molecule has 0 aromatic rings. The number of carbonyl (C=O) groups is 1. The third-order valence-corrected chi connectivity index (χ3v) is 1.61. The Morgan fingerprint density at radius 2 is 2.23 bits per heavy atom. The number of rotatable bonds is 0. The Balaban J connectivity index is 2.52. The van der Waals surface area contributed by atoms with Gasteiger partial charge in [0.1, 0.15) is 5.60 Å². The zero-order valence-corrected chi connectivity index (χ0v) is 8.46. The number of nitrogens with zero attached hydrogens (tertiary/aromatic N) is 1. The molecule has 74 valence electrons. The molecular weight excluding hydrogens is 168 g/mol. The van der Waals surface area contributed by atoms with Crippen LogP contribution in [0.1, 0.15) is 20.8 Å². The second kappa shape index (κ2) is 3.87. The van der Waals surface area contributed by atoms with E-state index in [9.17, 15) is 4.79 Å². The van der Waals surface area contributed by atoms with E-state index >= 15 is 0 Å². The molecule has 0 radical (unpaired) electrons. The number of nitrogens with one attached hydrogen (secondary N) is 1. The van der Waals surface area contributed by atoms with Crippen LogP contribution in [0.4, 0.5) is 4.79 Å². The molecular formula is C9H17N2O2+. The Kier molecular flexibility index (Phi) is 3.03. The summed E-state index contributed by atoms with van der Waals surface area (Å²) in [6, 6.07) is 0. The van der Waals surface area contributed by atoms with E-state index in [1.54, 1.807) is 4.58 Å². The number of ether oxygens (including phenoxy) is 1. The Morgan fingerprint density at radius 1 is 1.54 bits per heavy atom. The highest BCUT2D eigenvalue weighted by Crippen LogP contribution is 2.07. The predicted molar refractivity (Wildman–Crippen MR) is 50.3 cm³/mol. The molecule has 0 saturated carbocycles. The van der Waals surface area contributed by atoms with Crippen LogP contribution in [0.5, 0.6) is 0 Å². The normalized spacial score (nSPS) is 17.9. The molecule has 4 heteroatoms. The first-order chi connectivity index (χ1) is 5.99. The van der Waals surface area contributed by atoms with Gasteiger partial charge in [-0.05, 0) is 20.8 Å². The number of hydrogen-bond acceptors (Lipinski definition) is 3. The van der Waals surface area contributed by atoms with Crippen LogP contribution in [0.25, 0.3) is 0 Å². The third-order valence-electron chi connectivity index (χ3n) is 1.61. The minimum Gasteiger partial charge on any atom is -0.406 e. The zero-order chi connectivity index (χ0) is 9.90. The van der Waals surface area contributed by atoms with Crippen LogP contribution >= 0.6 is 0 Å². The number of amides is 1. The molecule has 0 spiro atoms. The summed E-state index contributed by atoms with van der Waals surface area (Å²) < 4.78 is 6.82. The van der Waals surface area contributed by atoms with Crippen LogP contribution in [0.2, 0.25) is 0 Å². The van der Waals surface area contributed by atoms with Gasteiger partial charge in [-0.1, -0.05) is 0 Å². The second-order valence-corrected chi connectivity index (χ2v) is 4.06. The van der Waals surface area contributed by atoms with E-state index in [0.717, 1.165) is 13.1 Å². The summed E-state index contributed by atoms with van der Waals surface area (Å²) in [6.45, 7) is 7.86. The van der Waals surface area contributed by atoms with Gasteiger partial charge < -0.3 is 10.1 Å². The average Bonchev–Trinajstić information content (AvgIpc) is 2.03. The maximum atomic E-state index is 11.5. The van der Waals surface area contributed by atoms with Crippen molar-refractivity contribution >= 4 is 12.3 Å². The Bertz CT molecular complexity index is 228. The van der Waals surface area contributed by atoms with Crippen molar-refractivity contribution in [3.63, 3.8) is 0 Å². The first-order valence-electron chi connectivity index (χ1n) is 4.53. The van der Waals surface area contributed by atoms with E-state index in [2.05, 4.69) is 5.32 Å². The summed E-state index contributed by atoms with van der Waals surface area (Å²) in [5.74, 6) is 0. The Hall–Kier alpha value is -0.900. The van der Waals surface area contributed by atoms with E-state index < -0.39 is 5.60 Å². The van der Waals surface area contributed by atoms with Crippen LogP contribution in [0, 0.1) is 0 Å². The van der Waals surface area contributed by atoms with Gasteiger partial charge in [-0.2, -0.15) is 4.79 Å². The Labute approximate surface area is 78.6 Å². The maximum Gasteiger partial charge on any atom is 0.596 e. The fourth-order valence-corrected chi connectivity index (χ4v) is 1.05. The molecule has 0 aromatic heterocycles. The second-order valence-electron chi connectivity index (χ2n) is 4.06. The van der Waals surface area contributed by atoms with Gasteiger partial charge in [0, 0.05) is 0 Å². The fourth-order valence-electron chi connectivity index (χ4n) is 1.05. The minimum absolute atomic E-state index is 0.256. The summed E-state index contributed by atoms with van der Waals surface area (Å²) in [7, 11) is 0. The van der Waals surface area contributed by atoms with Crippen LogP contribution in [-0.4, -0.2) is 42.1 Å². The first-order valence-corrected chi connectivity index (χ1v) is 4.53. The van der Waals surface area contributed by atoms with Crippen molar-refractivity contribution in [3.8, 4) is 0 Å². The van der Waals surface area contributed by atoms with Gasteiger partial charge in [0.05, 0.1) is 13.1 Å². The lowest BCUT2D eigenvalue weighted by molar-refractivity contribution is -0.448. The minimum atomic E-state index is -0.407. The van der Waals surface area contributed by atoms with E-state index in [1.165, 1.54) is 0 Å². The van der Waals surface area contributed by atoms with Crippen molar-refractivity contribution in [1.29, 1.82) is 0 Å². The maximum absolute atomic E-state index is 11.5. The fraction of sp³-hybridized carbons (Fsp3) is 0.778. The molecule has 0 aromatic carbocycles. The van der Waals surface area contributed by atoms with Crippen molar-refractivity contribution in [2.75, 3.05) is 19.6 Å². The Morgan fingerprint density at radius 3 is 2.69 bits per heavy atom. The summed E-state index contributed by atoms with van der Waals surface area (Å²) >= 11 is 0. The highest BCUT2D eigenvalue weighted by atomic mass is 16.6. The van der Waals surface area contributed by atoms with E-state index in [0.29, 0.717) is 6.54 Å². The largest absolute Gasteiger partial charge is 0.596 e. The summed E-state index contributed by atoms with van der Waals surface area (Å²) in [5, 5.41) is 3.13. The molecule has 0 aliphatic carbocycles. The van der Waals surface area contributed by atoms with Gasteiger partial charge in [-0.3, -0.25) is 0 Å². The van der Waals surface area contributed by atoms with Crippen molar-refractivity contribution in [1.82, 2.24) is 5.32 Å².